The van der Waals surface area contributed by atoms with E-state index in [4.69, 9.17) is 14.2 Å². The fraction of sp³-hybridized carbons (Fsp3) is 0.292. The van der Waals surface area contributed by atoms with Crippen molar-refractivity contribution in [3.63, 3.8) is 0 Å². The fourth-order valence-electron chi connectivity index (χ4n) is 2.72. The number of anilines is 1. The molecule has 3 rings (SSSR count). The van der Waals surface area contributed by atoms with Gasteiger partial charge in [0.2, 0.25) is 18.5 Å². The van der Waals surface area contributed by atoms with E-state index in [0.717, 1.165) is 5.56 Å². The van der Waals surface area contributed by atoms with Gasteiger partial charge in [-0.25, -0.2) is 4.79 Å². The lowest BCUT2D eigenvalue weighted by atomic mass is 9.95. The van der Waals surface area contributed by atoms with Crippen LogP contribution in [0.1, 0.15) is 43.6 Å². The van der Waals surface area contributed by atoms with E-state index in [9.17, 15) is 14.4 Å². The number of carbonyl (C=O) groups is 3. The number of fused-ring (bicyclic) bond motifs is 1. The largest absolute Gasteiger partial charge is 0.454 e. The smallest absolute Gasteiger partial charge is 0.331 e. The molecule has 0 aliphatic carbocycles. The highest BCUT2D eigenvalue weighted by atomic mass is 16.7. The molecule has 31 heavy (non-hydrogen) atoms. The van der Waals surface area contributed by atoms with E-state index in [0.29, 0.717) is 22.7 Å². The van der Waals surface area contributed by atoms with E-state index >= 15 is 0 Å². The number of esters is 1. The van der Waals surface area contributed by atoms with Crippen molar-refractivity contribution < 1.29 is 28.6 Å². The lowest BCUT2D eigenvalue weighted by Gasteiger charge is -2.18. The molecule has 0 saturated carbocycles. The van der Waals surface area contributed by atoms with Gasteiger partial charge in [0, 0.05) is 22.7 Å². The van der Waals surface area contributed by atoms with Crippen molar-refractivity contribution >= 4 is 29.4 Å². The van der Waals surface area contributed by atoms with Crippen LogP contribution in [0.3, 0.4) is 0 Å². The Labute approximate surface area is 181 Å². The Bertz CT molecular complexity index is 1020. The molecule has 0 bridgehead atoms. The zero-order chi connectivity index (χ0) is 22.6. The van der Waals surface area contributed by atoms with Gasteiger partial charge in [0.25, 0.3) is 0 Å². The van der Waals surface area contributed by atoms with Crippen LogP contribution in [0.2, 0.25) is 0 Å². The third-order valence-corrected chi connectivity index (χ3v) is 4.58. The second kappa shape index (κ2) is 9.04. The second-order valence-corrected chi connectivity index (χ2v) is 8.17. The van der Waals surface area contributed by atoms with Gasteiger partial charge in [-0.1, -0.05) is 26.8 Å². The van der Waals surface area contributed by atoms with Gasteiger partial charge in [0.1, 0.15) is 0 Å². The van der Waals surface area contributed by atoms with E-state index in [1.54, 1.807) is 48.5 Å². The van der Waals surface area contributed by atoms with Gasteiger partial charge in [-0.15, -0.1) is 0 Å². The molecule has 1 aliphatic heterocycles. The summed E-state index contributed by atoms with van der Waals surface area (Å²) in [4.78, 5) is 36.7. The van der Waals surface area contributed by atoms with E-state index in [1.807, 2.05) is 20.8 Å². The van der Waals surface area contributed by atoms with Gasteiger partial charge in [0.05, 0.1) is 0 Å². The van der Waals surface area contributed by atoms with E-state index < -0.39 is 17.5 Å². The number of Topliss-reactive ketones (excluding diaryl/α,β-unsaturated/α-hetero) is 1. The minimum atomic E-state index is -0.955. The molecule has 7 nitrogen and oxygen atoms in total. The number of carbonyl (C=O) groups excluding carboxylic acids is 3. The van der Waals surface area contributed by atoms with Crippen molar-refractivity contribution in [2.75, 3.05) is 12.1 Å². The van der Waals surface area contributed by atoms with Crippen LogP contribution < -0.4 is 14.8 Å². The molecule has 1 atom stereocenters. The summed E-state index contributed by atoms with van der Waals surface area (Å²) < 4.78 is 15.8. The summed E-state index contributed by atoms with van der Waals surface area (Å²) in [7, 11) is 0. The van der Waals surface area contributed by atoms with E-state index in [2.05, 4.69) is 5.32 Å². The normalized spacial score (nSPS) is 13.7. The number of hydrogen-bond acceptors (Lipinski definition) is 6. The molecule has 0 fully saturated rings. The van der Waals surface area contributed by atoms with Gasteiger partial charge in [-0.3, -0.25) is 9.59 Å². The predicted octanol–water partition coefficient (Wildman–Crippen LogP) is 4.23. The van der Waals surface area contributed by atoms with Crippen LogP contribution in [0.25, 0.3) is 6.08 Å². The highest BCUT2D eigenvalue weighted by Crippen LogP contribution is 2.32. The van der Waals surface area contributed by atoms with Gasteiger partial charge in [0.15, 0.2) is 17.6 Å². The molecule has 0 radical (unpaired) electrons. The number of nitrogens with one attached hydrogen (secondary N) is 1. The summed E-state index contributed by atoms with van der Waals surface area (Å²) in [5, 5.41) is 2.80. The van der Waals surface area contributed by atoms with Crippen LogP contribution >= 0.6 is 0 Å². The number of amides is 1. The second-order valence-electron chi connectivity index (χ2n) is 8.17. The molecule has 0 spiro atoms. The maximum atomic E-state index is 12.6. The molecule has 162 valence electrons. The SMILES string of the molecule is C[C@@H](OC(=O)/C=C/c1ccc2c(c1)OCO2)C(=O)c1ccc(NC(=O)C(C)(C)C)cc1. The molecule has 1 heterocycles. The maximum absolute atomic E-state index is 12.6. The van der Waals surface area contributed by atoms with Crippen LogP contribution in [0.5, 0.6) is 11.5 Å². The summed E-state index contributed by atoms with van der Waals surface area (Å²) in [6.07, 6.45) is 1.88. The standard InChI is InChI=1S/C24H25NO6/c1-15(22(27)17-7-9-18(10-8-17)25-23(28)24(2,3)4)31-21(26)12-6-16-5-11-19-20(13-16)30-14-29-19/h5-13,15H,14H2,1-4H3,(H,25,28)/b12-6+/t15-/m1/s1. The van der Waals surface area contributed by atoms with Gasteiger partial charge >= 0.3 is 5.97 Å². The minimum Gasteiger partial charge on any atom is -0.454 e. The van der Waals surface area contributed by atoms with Crippen LogP contribution in [0.4, 0.5) is 5.69 Å². The van der Waals surface area contributed by atoms with Gasteiger partial charge in [-0.2, -0.15) is 0 Å². The quantitative estimate of drug-likeness (QED) is 0.425. The number of ketones is 1. The van der Waals surface area contributed by atoms with Crippen molar-refractivity contribution in [2.45, 2.75) is 33.8 Å². The lowest BCUT2D eigenvalue weighted by molar-refractivity contribution is -0.140. The Morgan fingerprint density at radius 1 is 1.03 bits per heavy atom. The summed E-state index contributed by atoms with van der Waals surface area (Å²) in [6, 6.07) is 11.8. The summed E-state index contributed by atoms with van der Waals surface area (Å²) in [5.41, 5.74) is 1.19. The van der Waals surface area contributed by atoms with Crippen LogP contribution in [-0.4, -0.2) is 30.6 Å². The first-order valence-corrected chi connectivity index (χ1v) is 9.87. The monoisotopic (exact) mass is 423 g/mol. The fourth-order valence-corrected chi connectivity index (χ4v) is 2.72. The molecule has 1 amide bonds. The number of rotatable bonds is 6. The first kappa shape index (κ1) is 22.1. The van der Waals surface area contributed by atoms with Crippen LogP contribution in [0, 0.1) is 5.41 Å². The van der Waals surface area contributed by atoms with Gasteiger partial charge < -0.3 is 19.5 Å². The molecule has 0 unspecified atom stereocenters. The Balaban J connectivity index is 1.56. The molecular weight excluding hydrogens is 398 g/mol. The average Bonchev–Trinajstić information content (AvgIpc) is 3.19. The Hall–Kier alpha value is -3.61. The van der Waals surface area contributed by atoms with Crippen LogP contribution in [-0.2, 0) is 14.3 Å². The van der Waals surface area contributed by atoms with Crippen LogP contribution in [0.15, 0.2) is 48.5 Å². The molecule has 0 saturated heterocycles. The summed E-state index contributed by atoms with van der Waals surface area (Å²) in [5.74, 6) is 0.179. The first-order chi connectivity index (χ1) is 14.6. The number of benzene rings is 2. The van der Waals surface area contributed by atoms with Crippen molar-refractivity contribution in [3.05, 3.63) is 59.7 Å². The Morgan fingerprint density at radius 2 is 1.71 bits per heavy atom. The van der Waals surface area contributed by atoms with E-state index in [-0.39, 0.29) is 18.5 Å². The van der Waals surface area contributed by atoms with Gasteiger partial charge in [-0.05, 0) is 55.0 Å². The third-order valence-electron chi connectivity index (χ3n) is 4.58. The zero-order valence-corrected chi connectivity index (χ0v) is 17.9. The maximum Gasteiger partial charge on any atom is 0.331 e. The zero-order valence-electron chi connectivity index (χ0n) is 17.9. The topological polar surface area (TPSA) is 90.9 Å². The van der Waals surface area contributed by atoms with Crippen molar-refractivity contribution in [1.29, 1.82) is 0 Å². The molecule has 1 N–H and O–H groups in total. The van der Waals surface area contributed by atoms with E-state index in [1.165, 1.54) is 13.0 Å². The molecule has 2 aromatic rings. The molecule has 1 aliphatic rings. The van der Waals surface area contributed by atoms with Crippen molar-refractivity contribution in [2.24, 2.45) is 5.41 Å². The molecule has 2 aromatic carbocycles. The summed E-state index contributed by atoms with van der Waals surface area (Å²) in [6.45, 7) is 7.14. The number of ether oxygens (including phenoxy) is 3. The minimum absolute atomic E-state index is 0.122. The Morgan fingerprint density at radius 3 is 2.39 bits per heavy atom. The average molecular weight is 423 g/mol. The van der Waals surface area contributed by atoms with Crippen molar-refractivity contribution in [3.8, 4) is 11.5 Å². The predicted molar refractivity (Wildman–Crippen MR) is 116 cm³/mol. The highest BCUT2D eigenvalue weighted by molar-refractivity contribution is 6.01. The van der Waals surface area contributed by atoms with Crippen molar-refractivity contribution in [1.82, 2.24) is 0 Å². The molecule has 7 heteroatoms. The third kappa shape index (κ3) is 5.72. The number of hydrogen-bond donors (Lipinski definition) is 1. The molecule has 0 aromatic heterocycles. The summed E-state index contributed by atoms with van der Waals surface area (Å²) >= 11 is 0. The lowest BCUT2D eigenvalue weighted by Crippen LogP contribution is -2.27. The molecular formula is C24H25NO6. The first-order valence-electron chi connectivity index (χ1n) is 9.87. The highest BCUT2D eigenvalue weighted by Gasteiger charge is 2.22. The Kier molecular flexibility index (Phi) is 6.44.